The van der Waals surface area contributed by atoms with Crippen LogP contribution in [-0.4, -0.2) is 28.5 Å². The molecule has 5 nitrogen and oxygen atoms in total. The van der Waals surface area contributed by atoms with E-state index >= 15 is 0 Å². The van der Waals surface area contributed by atoms with Crippen LogP contribution < -0.4 is 4.74 Å². The number of hydrogen-bond donors (Lipinski definition) is 1. The van der Waals surface area contributed by atoms with E-state index in [0.717, 1.165) is 16.9 Å². The Bertz CT molecular complexity index is 709. The lowest BCUT2D eigenvalue weighted by Gasteiger charge is -2.20. The SMILES string of the molecule is O=C(O)c1ccc(CN2Cc3ccccc3OCC2=O)cc1. The zero-order valence-corrected chi connectivity index (χ0v) is 11.9. The van der Waals surface area contributed by atoms with E-state index in [1.54, 1.807) is 29.2 Å². The van der Waals surface area contributed by atoms with Crippen LogP contribution in [0.4, 0.5) is 0 Å². The fourth-order valence-corrected chi connectivity index (χ4v) is 2.42. The number of para-hydroxylation sites is 1. The van der Waals surface area contributed by atoms with Crippen LogP contribution in [0.5, 0.6) is 5.75 Å². The van der Waals surface area contributed by atoms with Gasteiger partial charge in [-0.3, -0.25) is 4.79 Å². The highest BCUT2D eigenvalue weighted by Crippen LogP contribution is 2.23. The number of carboxylic acids is 1. The maximum Gasteiger partial charge on any atom is 0.335 e. The minimum Gasteiger partial charge on any atom is -0.483 e. The number of nitrogens with zero attached hydrogens (tertiary/aromatic N) is 1. The van der Waals surface area contributed by atoms with Gasteiger partial charge in [-0.05, 0) is 23.8 Å². The number of benzene rings is 2. The smallest absolute Gasteiger partial charge is 0.335 e. The van der Waals surface area contributed by atoms with E-state index in [-0.39, 0.29) is 18.1 Å². The van der Waals surface area contributed by atoms with Crippen molar-refractivity contribution in [3.63, 3.8) is 0 Å². The molecule has 0 unspecified atom stereocenters. The quantitative estimate of drug-likeness (QED) is 0.944. The van der Waals surface area contributed by atoms with Crippen molar-refractivity contribution in [3.05, 3.63) is 65.2 Å². The molecular formula is C17H15NO4. The lowest BCUT2D eigenvalue weighted by atomic mass is 10.1. The molecule has 22 heavy (non-hydrogen) atoms. The predicted molar refractivity (Wildman–Crippen MR) is 79.6 cm³/mol. The van der Waals surface area contributed by atoms with Crippen molar-refractivity contribution in [2.75, 3.05) is 6.61 Å². The summed E-state index contributed by atoms with van der Waals surface area (Å²) in [5, 5.41) is 8.90. The summed E-state index contributed by atoms with van der Waals surface area (Å²) in [4.78, 5) is 24.7. The first-order chi connectivity index (χ1) is 10.6. The van der Waals surface area contributed by atoms with E-state index in [9.17, 15) is 9.59 Å². The second-order valence-corrected chi connectivity index (χ2v) is 5.15. The van der Waals surface area contributed by atoms with Gasteiger partial charge in [0.15, 0.2) is 6.61 Å². The summed E-state index contributed by atoms with van der Waals surface area (Å²) in [6, 6.07) is 14.1. The summed E-state index contributed by atoms with van der Waals surface area (Å²) in [7, 11) is 0. The molecule has 0 aromatic heterocycles. The zero-order chi connectivity index (χ0) is 15.5. The van der Waals surface area contributed by atoms with E-state index in [4.69, 9.17) is 9.84 Å². The highest BCUT2D eigenvalue weighted by molar-refractivity contribution is 5.87. The summed E-state index contributed by atoms with van der Waals surface area (Å²) in [5.74, 6) is -0.308. The molecule has 0 spiro atoms. The van der Waals surface area contributed by atoms with Crippen LogP contribution in [0.25, 0.3) is 0 Å². The third-order valence-corrected chi connectivity index (χ3v) is 3.61. The van der Waals surface area contributed by atoms with Crippen LogP contribution in [0.15, 0.2) is 48.5 Å². The van der Waals surface area contributed by atoms with Gasteiger partial charge in [0.1, 0.15) is 5.75 Å². The number of ether oxygens (including phenoxy) is 1. The van der Waals surface area contributed by atoms with Gasteiger partial charge in [-0.1, -0.05) is 30.3 Å². The minimum absolute atomic E-state index is 0.0181. The van der Waals surface area contributed by atoms with E-state index in [1.807, 2.05) is 24.3 Å². The molecule has 0 atom stereocenters. The van der Waals surface area contributed by atoms with Crippen LogP contribution in [-0.2, 0) is 17.9 Å². The molecule has 1 aliphatic heterocycles. The minimum atomic E-state index is -0.959. The standard InChI is InChI=1S/C17H15NO4/c19-16-11-22-15-4-2-1-3-14(15)10-18(16)9-12-5-7-13(8-6-12)17(20)21/h1-8H,9-11H2,(H,20,21). The summed E-state index contributed by atoms with van der Waals surface area (Å²) in [6.07, 6.45) is 0. The van der Waals surface area contributed by atoms with Crippen molar-refractivity contribution in [2.45, 2.75) is 13.1 Å². The van der Waals surface area contributed by atoms with Gasteiger partial charge in [0, 0.05) is 18.7 Å². The first kappa shape index (κ1) is 14.1. The molecule has 0 fully saturated rings. The first-order valence-corrected chi connectivity index (χ1v) is 6.94. The lowest BCUT2D eigenvalue weighted by molar-refractivity contribution is -0.133. The van der Waals surface area contributed by atoms with Crippen LogP contribution in [0.2, 0.25) is 0 Å². The Balaban J connectivity index is 1.79. The summed E-state index contributed by atoms with van der Waals surface area (Å²) in [6.45, 7) is 0.927. The molecule has 2 aromatic carbocycles. The third kappa shape index (κ3) is 2.93. The maximum absolute atomic E-state index is 12.2. The average molecular weight is 297 g/mol. The molecule has 5 heteroatoms. The number of hydrogen-bond acceptors (Lipinski definition) is 3. The fraction of sp³-hybridized carbons (Fsp3) is 0.176. The number of carbonyl (C=O) groups is 2. The summed E-state index contributed by atoms with van der Waals surface area (Å²) < 4.78 is 5.51. The molecule has 3 rings (SSSR count). The number of fused-ring (bicyclic) bond motifs is 1. The number of amides is 1. The Labute approximate surface area is 127 Å². The van der Waals surface area contributed by atoms with Crippen molar-refractivity contribution in [1.29, 1.82) is 0 Å². The van der Waals surface area contributed by atoms with Crippen molar-refractivity contribution in [1.82, 2.24) is 4.90 Å². The molecule has 2 aromatic rings. The van der Waals surface area contributed by atoms with Gasteiger partial charge >= 0.3 is 5.97 Å². The number of carboxylic acid groups (broad SMARTS) is 1. The Morgan fingerprint density at radius 2 is 1.86 bits per heavy atom. The first-order valence-electron chi connectivity index (χ1n) is 6.94. The lowest BCUT2D eigenvalue weighted by Crippen LogP contribution is -2.31. The highest BCUT2D eigenvalue weighted by Gasteiger charge is 2.21. The monoisotopic (exact) mass is 297 g/mol. The molecule has 1 aliphatic rings. The molecule has 0 saturated carbocycles. The Hall–Kier alpha value is -2.82. The number of aromatic carboxylic acids is 1. The third-order valence-electron chi connectivity index (χ3n) is 3.61. The van der Waals surface area contributed by atoms with Gasteiger partial charge in [-0.25, -0.2) is 4.79 Å². The summed E-state index contributed by atoms with van der Waals surface area (Å²) in [5.41, 5.74) is 2.09. The molecule has 0 bridgehead atoms. The van der Waals surface area contributed by atoms with E-state index in [2.05, 4.69) is 0 Å². The second kappa shape index (κ2) is 5.89. The fourth-order valence-electron chi connectivity index (χ4n) is 2.42. The molecule has 0 saturated heterocycles. The van der Waals surface area contributed by atoms with Gasteiger partial charge in [0.05, 0.1) is 5.56 Å². The van der Waals surface area contributed by atoms with Crippen molar-refractivity contribution < 1.29 is 19.4 Å². The number of carbonyl (C=O) groups excluding carboxylic acids is 1. The normalized spacial score (nSPS) is 14.0. The van der Waals surface area contributed by atoms with Gasteiger partial charge < -0.3 is 14.7 Å². The van der Waals surface area contributed by atoms with E-state index in [0.29, 0.717) is 13.1 Å². The Morgan fingerprint density at radius 3 is 2.59 bits per heavy atom. The Morgan fingerprint density at radius 1 is 1.14 bits per heavy atom. The van der Waals surface area contributed by atoms with Gasteiger partial charge in [-0.15, -0.1) is 0 Å². The van der Waals surface area contributed by atoms with Gasteiger partial charge in [-0.2, -0.15) is 0 Å². The largest absolute Gasteiger partial charge is 0.483 e. The van der Waals surface area contributed by atoms with Crippen LogP contribution in [0, 0.1) is 0 Å². The Kier molecular flexibility index (Phi) is 3.78. The van der Waals surface area contributed by atoms with Crippen LogP contribution in [0.1, 0.15) is 21.5 Å². The molecule has 0 aliphatic carbocycles. The summed E-state index contributed by atoms with van der Waals surface area (Å²) >= 11 is 0. The van der Waals surface area contributed by atoms with Crippen LogP contribution in [0.3, 0.4) is 0 Å². The van der Waals surface area contributed by atoms with Crippen molar-refractivity contribution >= 4 is 11.9 Å². The topological polar surface area (TPSA) is 66.8 Å². The van der Waals surface area contributed by atoms with Crippen molar-refractivity contribution in [2.24, 2.45) is 0 Å². The second-order valence-electron chi connectivity index (χ2n) is 5.15. The molecule has 0 radical (unpaired) electrons. The highest BCUT2D eigenvalue weighted by atomic mass is 16.5. The maximum atomic E-state index is 12.2. The van der Waals surface area contributed by atoms with E-state index < -0.39 is 5.97 Å². The molecule has 1 amide bonds. The predicted octanol–water partition coefficient (Wildman–Crippen LogP) is 2.31. The molecule has 112 valence electrons. The van der Waals surface area contributed by atoms with Crippen molar-refractivity contribution in [3.8, 4) is 5.75 Å². The molecular weight excluding hydrogens is 282 g/mol. The molecule has 1 N–H and O–H groups in total. The zero-order valence-electron chi connectivity index (χ0n) is 11.9. The van der Waals surface area contributed by atoms with Gasteiger partial charge in [0.25, 0.3) is 5.91 Å². The average Bonchev–Trinajstić information content (AvgIpc) is 2.68. The number of rotatable bonds is 3. The van der Waals surface area contributed by atoms with Crippen LogP contribution >= 0.6 is 0 Å². The van der Waals surface area contributed by atoms with Gasteiger partial charge in [0.2, 0.25) is 0 Å². The van der Waals surface area contributed by atoms with E-state index in [1.165, 1.54) is 0 Å². The molecule has 1 heterocycles.